The Kier molecular flexibility index (Phi) is 5.11. The predicted molar refractivity (Wildman–Crippen MR) is 65.7 cm³/mol. The van der Waals surface area contributed by atoms with Gasteiger partial charge in [-0.05, 0) is 34.0 Å². The van der Waals surface area contributed by atoms with Crippen LogP contribution in [0.5, 0.6) is 0 Å². The molecule has 1 atom stereocenters. The molecule has 0 aliphatic carbocycles. The van der Waals surface area contributed by atoms with Crippen LogP contribution in [0.15, 0.2) is 0 Å². The molecule has 15 heavy (non-hydrogen) atoms. The van der Waals surface area contributed by atoms with Gasteiger partial charge < -0.3 is 5.11 Å². The second-order valence-corrected chi connectivity index (χ2v) is 8.25. The average molecular weight is 255 g/mol. The van der Waals surface area contributed by atoms with Crippen molar-refractivity contribution in [2.75, 3.05) is 18.6 Å². The lowest BCUT2D eigenvalue weighted by atomic mass is 10.1. The van der Waals surface area contributed by atoms with Gasteiger partial charge in [-0.15, -0.1) is 0 Å². The highest BCUT2D eigenvalue weighted by Gasteiger charge is 2.31. The molecule has 0 rings (SSSR count). The van der Waals surface area contributed by atoms with Gasteiger partial charge in [-0.25, -0.2) is 13.1 Å². The van der Waals surface area contributed by atoms with Crippen molar-refractivity contribution in [2.24, 2.45) is 0 Å². The van der Waals surface area contributed by atoms with E-state index in [1.54, 1.807) is 27.7 Å². The minimum atomic E-state index is -3.37. The number of thioether (sulfide) groups is 1. The van der Waals surface area contributed by atoms with Crippen LogP contribution in [0.4, 0.5) is 0 Å². The molecule has 0 aliphatic rings. The van der Waals surface area contributed by atoms with Crippen LogP contribution in [0.3, 0.4) is 0 Å². The monoisotopic (exact) mass is 255 g/mol. The zero-order chi connectivity index (χ0) is 12.3. The summed E-state index contributed by atoms with van der Waals surface area (Å²) in [6.07, 6.45) is 1.87. The number of rotatable bonds is 5. The highest BCUT2D eigenvalue weighted by Crippen LogP contribution is 2.15. The quantitative estimate of drug-likeness (QED) is 0.763. The zero-order valence-corrected chi connectivity index (χ0v) is 11.6. The van der Waals surface area contributed by atoms with Gasteiger partial charge in [0, 0.05) is 12.3 Å². The van der Waals surface area contributed by atoms with E-state index in [9.17, 15) is 13.5 Å². The number of sulfonamides is 1. The standard InChI is InChI=1S/C9H21NO3S2/c1-8(2,3)15(12,13)10-6-9(4,11)7-14-5/h10-11H,6-7H2,1-5H3. The van der Waals surface area contributed by atoms with Crippen LogP contribution in [-0.4, -0.2) is 42.4 Å². The van der Waals surface area contributed by atoms with Crippen LogP contribution in [0.1, 0.15) is 27.7 Å². The Morgan fingerprint density at radius 2 is 1.73 bits per heavy atom. The molecule has 0 aromatic carbocycles. The Balaban J connectivity index is 4.41. The highest BCUT2D eigenvalue weighted by atomic mass is 32.2. The summed E-state index contributed by atoms with van der Waals surface area (Å²) >= 11 is 1.48. The Labute approximate surface area is 96.9 Å². The van der Waals surface area contributed by atoms with Crippen LogP contribution >= 0.6 is 11.8 Å². The highest BCUT2D eigenvalue weighted by molar-refractivity contribution is 7.98. The Morgan fingerprint density at radius 1 is 1.27 bits per heavy atom. The first-order chi connectivity index (χ1) is 6.52. The van der Waals surface area contributed by atoms with E-state index in [4.69, 9.17) is 0 Å². The molecule has 0 heterocycles. The first-order valence-electron chi connectivity index (χ1n) is 4.72. The van der Waals surface area contributed by atoms with E-state index in [1.807, 2.05) is 6.26 Å². The SMILES string of the molecule is CSCC(C)(O)CNS(=O)(=O)C(C)(C)C. The van der Waals surface area contributed by atoms with Crippen molar-refractivity contribution in [1.29, 1.82) is 0 Å². The fourth-order valence-electron chi connectivity index (χ4n) is 0.829. The number of nitrogens with one attached hydrogen (secondary N) is 1. The molecule has 1 unspecified atom stereocenters. The van der Waals surface area contributed by atoms with Crippen LogP contribution in [0.25, 0.3) is 0 Å². The van der Waals surface area contributed by atoms with E-state index in [-0.39, 0.29) is 6.54 Å². The molecule has 4 nitrogen and oxygen atoms in total. The van der Waals surface area contributed by atoms with Gasteiger partial charge in [0.25, 0.3) is 0 Å². The molecule has 2 N–H and O–H groups in total. The van der Waals surface area contributed by atoms with Crippen molar-refractivity contribution >= 4 is 21.8 Å². The fourth-order valence-corrected chi connectivity index (χ4v) is 2.49. The van der Waals surface area contributed by atoms with Gasteiger partial charge in [0.1, 0.15) is 0 Å². The number of aliphatic hydroxyl groups is 1. The molecule has 0 bridgehead atoms. The molecule has 0 aromatic heterocycles. The molecule has 0 fully saturated rings. The molecule has 92 valence electrons. The summed E-state index contributed by atoms with van der Waals surface area (Å²) in [5, 5.41) is 9.80. The van der Waals surface area contributed by atoms with E-state index < -0.39 is 20.4 Å². The van der Waals surface area contributed by atoms with Crippen molar-refractivity contribution in [3.8, 4) is 0 Å². The summed E-state index contributed by atoms with van der Waals surface area (Å²) in [5.74, 6) is 0.500. The van der Waals surface area contributed by atoms with Crippen molar-refractivity contribution in [2.45, 2.75) is 38.0 Å². The third-order valence-electron chi connectivity index (χ3n) is 1.90. The average Bonchev–Trinajstić information content (AvgIpc) is 1.99. The Bertz CT molecular complexity index is 291. The van der Waals surface area contributed by atoms with Crippen LogP contribution in [0.2, 0.25) is 0 Å². The van der Waals surface area contributed by atoms with Crippen molar-refractivity contribution in [1.82, 2.24) is 4.72 Å². The van der Waals surface area contributed by atoms with E-state index in [0.29, 0.717) is 5.75 Å². The largest absolute Gasteiger partial charge is 0.388 e. The van der Waals surface area contributed by atoms with Gasteiger partial charge >= 0.3 is 0 Å². The van der Waals surface area contributed by atoms with Gasteiger partial charge in [-0.3, -0.25) is 0 Å². The normalized spacial score (nSPS) is 17.5. The van der Waals surface area contributed by atoms with Gasteiger partial charge in [-0.2, -0.15) is 11.8 Å². The minimum Gasteiger partial charge on any atom is -0.388 e. The predicted octanol–water partition coefficient (Wildman–Crippen LogP) is 0.818. The number of hydrogen-bond donors (Lipinski definition) is 2. The second kappa shape index (κ2) is 5.03. The molecule has 0 radical (unpaired) electrons. The third kappa shape index (κ3) is 5.19. The van der Waals surface area contributed by atoms with E-state index in [2.05, 4.69) is 4.72 Å². The molecule has 0 saturated heterocycles. The summed E-state index contributed by atoms with van der Waals surface area (Å²) in [4.78, 5) is 0. The fraction of sp³-hybridized carbons (Fsp3) is 1.00. The lowest BCUT2D eigenvalue weighted by Crippen LogP contribution is -2.47. The summed E-state index contributed by atoms with van der Waals surface area (Å²) < 4.78 is 24.9. The molecule has 0 aromatic rings. The van der Waals surface area contributed by atoms with Crippen LogP contribution in [0, 0.1) is 0 Å². The van der Waals surface area contributed by atoms with Crippen molar-refractivity contribution < 1.29 is 13.5 Å². The van der Waals surface area contributed by atoms with Crippen LogP contribution < -0.4 is 4.72 Å². The maximum absolute atomic E-state index is 11.7. The molecule has 0 spiro atoms. The zero-order valence-electron chi connectivity index (χ0n) is 9.99. The maximum Gasteiger partial charge on any atom is 0.216 e. The number of hydrogen-bond acceptors (Lipinski definition) is 4. The van der Waals surface area contributed by atoms with E-state index >= 15 is 0 Å². The molecule has 0 aliphatic heterocycles. The third-order valence-corrected chi connectivity index (χ3v) is 4.95. The molecular formula is C9H21NO3S2. The van der Waals surface area contributed by atoms with E-state index in [0.717, 1.165) is 0 Å². The van der Waals surface area contributed by atoms with E-state index in [1.165, 1.54) is 11.8 Å². The minimum absolute atomic E-state index is 0.0491. The lowest BCUT2D eigenvalue weighted by Gasteiger charge is -2.26. The van der Waals surface area contributed by atoms with Gasteiger partial charge in [-0.1, -0.05) is 0 Å². The lowest BCUT2D eigenvalue weighted by molar-refractivity contribution is 0.0907. The summed E-state index contributed by atoms with van der Waals surface area (Å²) in [6, 6.07) is 0. The second-order valence-electron chi connectivity index (χ2n) is 4.87. The Morgan fingerprint density at radius 3 is 2.07 bits per heavy atom. The smallest absolute Gasteiger partial charge is 0.216 e. The van der Waals surface area contributed by atoms with Crippen molar-refractivity contribution in [3.63, 3.8) is 0 Å². The molecular weight excluding hydrogens is 234 g/mol. The van der Waals surface area contributed by atoms with Gasteiger partial charge in [0.2, 0.25) is 10.0 Å². The summed E-state index contributed by atoms with van der Waals surface area (Å²) in [5.41, 5.74) is -1.00. The van der Waals surface area contributed by atoms with Gasteiger partial charge in [0.15, 0.2) is 0 Å². The van der Waals surface area contributed by atoms with Crippen LogP contribution in [-0.2, 0) is 10.0 Å². The molecule has 0 saturated carbocycles. The summed E-state index contributed by atoms with van der Waals surface area (Å²) in [6.45, 7) is 6.54. The maximum atomic E-state index is 11.7. The Hall–Kier alpha value is 0.220. The van der Waals surface area contributed by atoms with Gasteiger partial charge in [0.05, 0.1) is 10.3 Å². The van der Waals surface area contributed by atoms with Crippen molar-refractivity contribution in [3.05, 3.63) is 0 Å². The summed E-state index contributed by atoms with van der Waals surface area (Å²) in [7, 11) is -3.37. The molecule has 6 heteroatoms. The topological polar surface area (TPSA) is 66.4 Å². The molecule has 0 amide bonds. The first kappa shape index (κ1) is 15.2. The first-order valence-corrected chi connectivity index (χ1v) is 7.60.